The lowest BCUT2D eigenvalue weighted by Crippen LogP contribution is -2.11. The van der Waals surface area contributed by atoms with Crippen LogP contribution in [0.2, 0.25) is 0 Å². The molecule has 0 saturated carbocycles. The lowest BCUT2D eigenvalue weighted by molar-refractivity contribution is -0.141. The van der Waals surface area contributed by atoms with Gasteiger partial charge >= 0.3 is 6.18 Å². The number of fused-ring (bicyclic) bond motifs is 5. The van der Waals surface area contributed by atoms with Crippen LogP contribution < -0.4 is 0 Å². The second-order valence-electron chi connectivity index (χ2n) is 6.81. The van der Waals surface area contributed by atoms with Gasteiger partial charge in [0.15, 0.2) is 5.65 Å². The lowest BCUT2D eigenvalue weighted by Gasteiger charge is -2.20. The Hall–Kier alpha value is -2.49. The number of thiophene rings is 1. The normalized spacial score (nSPS) is 17.7. The van der Waals surface area contributed by atoms with E-state index in [1.54, 1.807) is 17.7 Å². The molecule has 1 unspecified atom stereocenters. The van der Waals surface area contributed by atoms with Crippen LogP contribution in [0.3, 0.4) is 0 Å². The Morgan fingerprint density at radius 3 is 2.96 bits per heavy atom. The zero-order valence-electron chi connectivity index (χ0n) is 14.3. The fourth-order valence-corrected chi connectivity index (χ4v) is 4.98. The summed E-state index contributed by atoms with van der Waals surface area (Å²) in [6.45, 7) is 2.21. The van der Waals surface area contributed by atoms with Gasteiger partial charge in [0.1, 0.15) is 22.5 Å². The van der Waals surface area contributed by atoms with E-state index in [0.29, 0.717) is 11.6 Å². The van der Waals surface area contributed by atoms with Gasteiger partial charge in [-0.1, -0.05) is 13.3 Å². The monoisotopic (exact) mass is 392 g/mol. The average molecular weight is 392 g/mol. The summed E-state index contributed by atoms with van der Waals surface area (Å²) >= 11 is 1.68. The highest BCUT2D eigenvalue weighted by molar-refractivity contribution is 7.19. The van der Waals surface area contributed by atoms with E-state index < -0.39 is 11.9 Å². The van der Waals surface area contributed by atoms with Crippen molar-refractivity contribution in [2.45, 2.75) is 38.8 Å². The third kappa shape index (κ3) is 2.61. The van der Waals surface area contributed by atoms with Crippen molar-refractivity contribution in [1.29, 1.82) is 0 Å². The number of aromatic amines is 1. The Kier molecular flexibility index (Phi) is 3.55. The Morgan fingerprint density at radius 1 is 1.37 bits per heavy atom. The maximum atomic E-state index is 12.8. The van der Waals surface area contributed by atoms with Crippen molar-refractivity contribution in [3.63, 3.8) is 0 Å². The van der Waals surface area contributed by atoms with E-state index in [2.05, 4.69) is 27.1 Å². The van der Waals surface area contributed by atoms with Gasteiger partial charge in [-0.2, -0.15) is 18.3 Å². The van der Waals surface area contributed by atoms with Gasteiger partial charge < -0.3 is 0 Å². The molecule has 0 aromatic carbocycles. The van der Waals surface area contributed by atoms with Crippen LogP contribution in [-0.2, 0) is 19.0 Å². The number of hydrogen-bond acceptors (Lipinski definition) is 5. The van der Waals surface area contributed by atoms with E-state index in [9.17, 15) is 13.2 Å². The van der Waals surface area contributed by atoms with Crippen LogP contribution in [0, 0.1) is 5.92 Å². The predicted octanol–water partition coefficient (Wildman–Crippen LogP) is 4.26. The van der Waals surface area contributed by atoms with Gasteiger partial charge in [-0.3, -0.25) is 5.10 Å². The highest BCUT2D eigenvalue weighted by Crippen LogP contribution is 2.39. The minimum atomic E-state index is -4.48. The molecule has 0 amide bonds. The van der Waals surface area contributed by atoms with Crippen LogP contribution in [0.4, 0.5) is 13.2 Å². The smallest absolute Gasteiger partial charge is 0.273 e. The summed E-state index contributed by atoms with van der Waals surface area (Å²) in [4.78, 5) is 11.2. The molecule has 27 heavy (non-hydrogen) atoms. The first-order chi connectivity index (χ1) is 12.9. The fraction of sp³-hybridized carbons (Fsp3) is 0.412. The maximum absolute atomic E-state index is 12.8. The summed E-state index contributed by atoms with van der Waals surface area (Å²) in [5, 5.41) is 11.0. The summed E-state index contributed by atoms with van der Waals surface area (Å²) in [6.07, 6.45) is 1.39. The van der Waals surface area contributed by atoms with Gasteiger partial charge in [0.2, 0.25) is 5.82 Å². The molecule has 0 saturated heterocycles. The van der Waals surface area contributed by atoms with Gasteiger partial charge in [0.25, 0.3) is 0 Å². The number of nitrogens with zero attached hydrogens (tertiary/aromatic N) is 5. The summed E-state index contributed by atoms with van der Waals surface area (Å²) in [7, 11) is 0. The Bertz CT molecular complexity index is 1160. The van der Waals surface area contributed by atoms with Crippen LogP contribution >= 0.6 is 11.3 Å². The van der Waals surface area contributed by atoms with Crippen LogP contribution in [0.25, 0.3) is 27.4 Å². The van der Waals surface area contributed by atoms with E-state index in [-0.39, 0.29) is 11.5 Å². The highest BCUT2D eigenvalue weighted by Gasteiger charge is 2.33. The number of halogens is 3. The molecule has 4 aromatic heterocycles. The van der Waals surface area contributed by atoms with Crippen molar-refractivity contribution in [2.75, 3.05) is 0 Å². The quantitative estimate of drug-likeness (QED) is 0.553. The van der Waals surface area contributed by atoms with Gasteiger partial charge in [0.05, 0.1) is 5.39 Å². The van der Waals surface area contributed by atoms with Crippen molar-refractivity contribution in [3.8, 4) is 11.5 Å². The first-order valence-corrected chi connectivity index (χ1v) is 9.54. The molecule has 6 nitrogen and oxygen atoms in total. The second kappa shape index (κ2) is 5.75. The van der Waals surface area contributed by atoms with E-state index in [4.69, 9.17) is 0 Å². The lowest BCUT2D eigenvalue weighted by atomic mass is 9.86. The minimum Gasteiger partial charge on any atom is -0.273 e. The SMILES string of the molecule is CCC1CCc2c(sc3ncn4nc(-c5cc(C(F)(F)F)[nH]n5)nc4c23)C1. The van der Waals surface area contributed by atoms with Gasteiger partial charge in [-0.05, 0) is 36.8 Å². The van der Waals surface area contributed by atoms with Crippen molar-refractivity contribution in [1.82, 2.24) is 29.8 Å². The van der Waals surface area contributed by atoms with E-state index >= 15 is 0 Å². The largest absolute Gasteiger partial charge is 0.432 e. The van der Waals surface area contributed by atoms with Gasteiger partial charge in [0, 0.05) is 4.88 Å². The summed E-state index contributed by atoms with van der Waals surface area (Å²) in [5.41, 5.74) is 1.03. The summed E-state index contributed by atoms with van der Waals surface area (Å²) < 4.78 is 40.0. The first-order valence-electron chi connectivity index (χ1n) is 8.72. The second-order valence-corrected chi connectivity index (χ2v) is 7.90. The Balaban J connectivity index is 1.65. The van der Waals surface area contributed by atoms with Crippen molar-refractivity contribution in [3.05, 3.63) is 28.5 Å². The van der Waals surface area contributed by atoms with Crippen molar-refractivity contribution < 1.29 is 13.2 Å². The van der Waals surface area contributed by atoms with E-state index in [1.807, 2.05) is 5.10 Å². The number of aromatic nitrogens is 6. The van der Waals surface area contributed by atoms with Crippen LogP contribution in [0.5, 0.6) is 0 Å². The Morgan fingerprint density at radius 2 is 2.22 bits per heavy atom. The molecule has 5 rings (SSSR count). The molecule has 0 aliphatic heterocycles. The third-order valence-corrected chi connectivity index (χ3v) is 6.34. The van der Waals surface area contributed by atoms with Crippen molar-refractivity contribution >= 4 is 27.2 Å². The molecule has 0 fully saturated rings. The molecular formula is C17H15F3N6S. The highest BCUT2D eigenvalue weighted by atomic mass is 32.1. The standard InChI is InChI=1S/C17H15F3N6S/c1-2-8-3-4-9-11(5-8)27-16-13(9)15-22-14(25-26(15)7-21-16)10-6-12(24-23-10)17(18,19)20/h6-8H,2-5H2,1H3,(H,23,24). The third-order valence-electron chi connectivity index (χ3n) is 5.18. The molecule has 1 atom stereocenters. The molecule has 0 bridgehead atoms. The molecule has 0 radical (unpaired) electrons. The average Bonchev–Trinajstić information content (AvgIpc) is 3.34. The van der Waals surface area contributed by atoms with Crippen LogP contribution in [-0.4, -0.2) is 29.8 Å². The van der Waals surface area contributed by atoms with Crippen LogP contribution in [0.15, 0.2) is 12.4 Å². The first kappa shape index (κ1) is 16.7. The molecule has 4 aromatic rings. The van der Waals surface area contributed by atoms with Crippen LogP contribution in [0.1, 0.15) is 35.9 Å². The Labute approximate surface area is 155 Å². The summed E-state index contributed by atoms with van der Waals surface area (Å²) in [5.74, 6) is 0.845. The predicted molar refractivity (Wildman–Crippen MR) is 94.6 cm³/mol. The zero-order chi connectivity index (χ0) is 18.8. The zero-order valence-corrected chi connectivity index (χ0v) is 15.2. The molecule has 1 aliphatic rings. The molecular weight excluding hydrogens is 377 g/mol. The summed E-state index contributed by atoms with van der Waals surface area (Å²) in [6, 6.07) is 0.925. The number of H-pyrrole nitrogens is 1. The fourth-order valence-electron chi connectivity index (χ4n) is 3.68. The number of alkyl halides is 3. The molecule has 1 N–H and O–H groups in total. The molecule has 4 heterocycles. The number of rotatable bonds is 2. The van der Waals surface area contributed by atoms with E-state index in [0.717, 1.165) is 42.0 Å². The number of aryl methyl sites for hydroxylation is 1. The molecule has 1 aliphatic carbocycles. The van der Waals surface area contributed by atoms with E-state index in [1.165, 1.54) is 15.0 Å². The number of hydrogen-bond donors (Lipinski definition) is 1. The maximum Gasteiger partial charge on any atom is 0.432 e. The molecule has 140 valence electrons. The molecule has 10 heteroatoms. The van der Waals surface area contributed by atoms with Gasteiger partial charge in [-0.15, -0.1) is 16.4 Å². The minimum absolute atomic E-state index is 0.0642. The number of nitrogens with one attached hydrogen (secondary N) is 1. The molecule has 0 spiro atoms. The van der Waals surface area contributed by atoms with Gasteiger partial charge in [-0.25, -0.2) is 14.5 Å². The topological polar surface area (TPSA) is 71.8 Å². The van der Waals surface area contributed by atoms with Crippen molar-refractivity contribution in [2.24, 2.45) is 5.92 Å².